The Kier molecular flexibility index (Phi) is 3.69. The lowest BCUT2D eigenvalue weighted by molar-refractivity contribution is 0.564. The molecule has 7 heteroatoms. The first kappa shape index (κ1) is 13.8. The van der Waals surface area contributed by atoms with Gasteiger partial charge in [0.05, 0.1) is 22.7 Å². The molecule has 3 rings (SSSR count). The fraction of sp³-hybridized carbons (Fsp3) is 0.538. The molecule has 0 aliphatic carbocycles. The van der Waals surface area contributed by atoms with Crippen LogP contribution < -0.4 is 0 Å². The molecule has 1 aliphatic heterocycles. The van der Waals surface area contributed by atoms with Gasteiger partial charge in [-0.15, -0.1) is 11.6 Å². The maximum Gasteiger partial charge on any atom is 0.154 e. The van der Waals surface area contributed by atoms with E-state index in [0.29, 0.717) is 24.6 Å². The number of imidazole rings is 1. The second kappa shape index (κ2) is 5.33. The first-order valence-corrected chi connectivity index (χ1v) is 8.93. The summed E-state index contributed by atoms with van der Waals surface area (Å²) in [7, 11) is -2.96. The molecule has 5 nitrogen and oxygen atoms in total. The summed E-state index contributed by atoms with van der Waals surface area (Å²) < 4.78 is 26.0. The topological polar surface area (TPSA) is 64.8 Å². The van der Waals surface area contributed by atoms with Crippen LogP contribution in [-0.2, 0) is 22.8 Å². The summed E-state index contributed by atoms with van der Waals surface area (Å²) in [6.07, 6.45) is 5.52. The standard InChI is InChI=1S/C13H16ClN3O2S/c14-5-3-13-16-11-8-15-6-4-12(11)17(13)9-10-2-1-7-20(10,18)19/h4,6,8,10H,1-3,5,7,9H2. The van der Waals surface area contributed by atoms with E-state index in [9.17, 15) is 8.42 Å². The summed E-state index contributed by atoms with van der Waals surface area (Å²) in [5.74, 6) is 1.61. The number of sulfone groups is 1. The molecular formula is C13H16ClN3O2S. The summed E-state index contributed by atoms with van der Waals surface area (Å²) in [6.45, 7) is 0.467. The fourth-order valence-corrected chi connectivity index (χ4v) is 4.75. The second-order valence-corrected chi connectivity index (χ2v) is 7.85. The van der Waals surface area contributed by atoms with E-state index < -0.39 is 9.84 Å². The Morgan fingerprint density at radius 2 is 2.30 bits per heavy atom. The van der Waals surface area contributed by atoms with Crippen molar-refractivity contribution in [3.05, 3.63) is 24.3 Å². The van der Waals surface area contributed by atoms with Crippen LogP contribution in [0.1, 0.15) is 18.7 Å². The average Bonchev–Trinajstić information content (AvgIpc) is 2.92. The normalized spacial score (nSPS) is 21.6. The van der Waals surface area contributed by atoms with Crippen LogP contribution in [0.5, 0.6) is 0 Å². The minimum atomic E-state index is -2.96. The third kappa shape index (κ3) is 2.42. The molecule has 1 aliphatic rings. The maximum atomic E-state index is 12.0. The Morgan fingerprint density at radius 1 is 1.45 bits per heavy atom. The Labute approximate surface area is 122 Å². The number of aryl methyl sites for hydroxylation is 1. The molecule has 0 bridgehead atoms. The summed E-state index contributed by atoms with van der Waals surface area (Å²) in [5, 5.41) is -0.304. The lowest BCUT2D eigenvalue weighted by Crippen LogP contribution is -2.23. The molecule has 1 fully saturated rings. The molecule has 1 atom stereocenters. The van der Waals surface area contributed by atoms with Crippen LogP contribution in [0.2, 0.25) is 0 Å². The van der Waals surface area contributed by atoms with Gasteiger partial charge in [-0.2, -0.15) is 0 Å². The smallest absolute Gasteiger partial charge is 0.154 e. The lowest BCUT2D eigenvalue weighted by atomic mass is 10.2. The molecule has 1 unspecified atom stereocenters. The zero-order valence-corrected chi connectivity index (χ0v) is 12.6. The van der Waals surface area contributed by atoms with E-state index in [4.69, 9.17) is 11.6 Å². The predicted octanol–water partition coefficient (Wildman–Crippen LogP) is 1.79. The van der Waals surface area contributed by atoms with Crippen molar-refractivity contribution in [2.24, 2.45) is 0 Å². The average molecular weight is 314 g/mol. The van der Waals surface area contributed by atoms with Crippen molar-refractivity contribution in [3.63, 3.8) is 0 Å². The molecule has 0 saturated carbocycles. The Bertz CT molecular complexity index is 726. The summed E-state index contributed by atoms with van der Waals surface area (Å²) in [5.41, 5.74) is 1.73. The molecule has 3 heterocycles. The van der Waals surface area contributed by atoms with E-state index in [1.807, 2.05) is 10.6 Å². The minimum absolute atomic E-state index is 0.302. The van der Waals surface area contributed by atoms with E-state index in [1.165, 1.54) is 0 Å². The van der Waals surface area contributed by atoms with Crippen LogP contribution in [0.4, 0.5) is 0 Å². The summed E-state index contributed by atoms with van der Waals surface area (Å²) >= 11 is 5.82. The molecule has 0 N–H and O–H groups in total. The highest BCUT2D eigenvalue weighted by molar-refractivity contribution is 7.92. The van der Waals surface area contributed by atoms with E-state index in [1.54, 1.807) is 12.4 Å². The first-order valence-electron chi connectivity index (χ1n) is 6.68. The first-order chi connectivity index (χ1) is 9.62. The Balaban J connectivity index is 2.03. The van der Waals surface area contributed by atoms with Gasteiger partial charge in [0.2, 0.25) is 0 Å². The van der Waals surface area contributed by atoms with Gasteiger partial charge in [0, 0.05) is 25.0 Å². The third-order valence-corrected chi connectivity index (χ3v) is 6.24. The minimum Gasteiger partial charge on any atom is -0.327 e. The highest BCUT2D eigenvalue weighted by Crippen LogP contribution is 2.24. The van der Waals surface area contributed by atoms with Gasteiger partial charge in [-0.3, -0.25) is 4.98 Å². The zero-order chi connectivity index (χ0) is 14.2. The van der Waals surface area contributed by atoms with Crippen molar-refractivity contribution >= 4 is 32.5 Å². The Morgan fingerprint density at radius 3 is 3.00 bits per heavy atom. The van der Waals surface area contributed by atoms with Gasteiger partial charge < -0.3 is 4.57 Å². The quantitative estimate of drug-likeness (QED) is 0.807. The van der Waals surface area contributed by atoms with Gasteiger partial charge in [0.15, 0.2) is 9.84 Å². The van der Waals surface area contributed by atoms with Crippen LogP contribution in [-0.4, -0.2) is 39.8 Å². The number of alkyl halides is 1. The molecule has 108 valence electrons. The van der Waals surface area contributed by atoms with Crippen LogP contribution in [0, 0.1) is 0 Å². The van der Waals surface area contributed by atoms with E-state index in [0.717, 1.165) is 29.7 Å². The third-order valence-electron chi connectivity index (χ3n) is 3.80. The highest BCUT2D eigenvalue weighted by Gasteiger charge is 2.32. The summed E-state index contributed by atoms with van der Waals surface area (Å²) in [4.78, 5) is 8.57. The highest BCUT2D eigenvalue weighted by atomic mass is 35.5. The molecule has 2 aromatic rings. The van der Waals surface area contributed by atoms with Crippen molar-refractivity contribution in [1.82, 2.24) is 14.5 Å². The summed E-state index contributed by atoms with van der Waals surface area (Å²) in [6, 6.07) is 1.88. The van der Waals surface area contributed by atoms with Crippen LogP contribution in [0.15, 0.2) is 18.5 Å². The number of aromatic nitrogens is 3. The van der Waals surface area contributed by atoms with E-state index in [-0.39, 0.29) is 5.25 Å². The molecule has 0 aromatic carbocycles. The molecular weight excluding hydrogens is 298 g/mol. The molecule has 0 spiro atoms. The van der Waals surface area contributed by atoms with E-state index in [2.05, 4.69) is 9.97 Å². The predicted molar refractivity (Wildman–Crippen MR) is 78.8 cm³/mol. The van der Waals surface area contributed by atoms with E-state index >= 15 is 0 Å². The van der Waals surface area contributed by atoms with Crippen LogP contribution in [0.3, 0.4) is 0 Å². The van der Waals surface area contributed by atoms with Gasteiger partial charge in [-0.1, -0.05) is 0 Å². The van der Waals surface area contributed by atoms with Crippen molar-refractivity contribution in [2.75, 3.05) is 11.6 Å². The van der Waals surface area contributed by atoms with Gasteiger partial charge in [-0.25, -0.2) is 13.4 Å². The number of rotatable bonds is 4. The Hall–Kier alpha value is -1.14. The van der Waals surface area contributed by atoms with Crippen molar-refractivity contribution in [1.29, 1.82) is 0 Å². The van der Waals surface area contributed by atoms with Crippen LogP contribution in [0.25, 0.3) is 11.0 Å². The molecule has 0 amide bonds. The van der Waals surface area contributed by atoms with Crippen molar-refractivity contribution in [2.45, 2.75) is 31.1 Å². The zero-order valence-electron chi connectivity index (χ0n) is 11.0. The maximum absolute atomic E-state index is 12.0. The van der Waals surface area contributed by atoms with Gasteiger partial charge in [0.1, 0.15) is 11.3 Å². The SMILES string of the molecule is O=S1(=O)CCCC1Cn1c(CCCl)nc2cnccc21. The second-order valence-electron chi connectivity index (χ2n) is 5.07. The number of fused-ring (bicyclic) bond motifs is 1. The monoisotopic (exact) mass is 313 g/mol. The molecule has 20 heavy (non-hydrogen) atoms. The fourth-order valence-electron chi connectivity index (χ4n) is 2.78. The number of hydrogen-bond acceptors (Lipinski definition) is 4. The van der Waals surface area contributed by atoms with Gasteiger partial charge in [0.25, 0.3) is 0 Å². The van der Waals surface area contributed by atoms with Crippen molar-refractivity contribution in [3.8, 4) is 0 Å². The molecule has 2 aromatic heterocycles. The van der Waals surface area contributed by atoms with Crippen molar-refractivity contribution < 1.29 is 8.42 Å². The molecule has 1 saturated heterocycles. The van der Waals surface area contributed by atoms with Crippen LogP contribution >= 0.6 is 11.6 Å². The number of nitrogens with zero attached hydrogens (tertiary/aromatic N) is 3. The number of halogens is 1. The number of pyridine rings is 1. The molecule has 0 radical (unpaired) electrons. The number of hydrogen-bond donors (Lipinski definition) is 0. The van der Waals surface area contributed by atoms with Gasteiger partial charge in [-0.05, 0) is 18.9 Å². The van der Waals surface area contributed by atoms with Gasteiger partial charge >= 0.3 is 0 Å². The lowest BCUT2D eigenvalue weighted by Gasteiger charge is -2.13. The largest absolute Gasteiger partial charge is 0.327 e.